The van der Waals surface area contributed by atoms with Crippen LogP contribution in [-0.4, -0.2) is 24.5 Å². The summed E-state index contributed by atoms with van der Waals surface area (Å²) < 4.78 is 0.932. The van der Waals surface area contributed by atoms with Crippen molar-refractivity contribution in [1.29, 1.82) is 0 Å². The minimum atomic E-state index is -0.0766. The van der Waals surface area contributed by atoms with Crippen LogP contribution in [0.15, 0.2) is 27.7 Å². The first-order valence-electron chi connectivity index (χ1n) is 6.51. The molecule has 5 nitrogen and oxygen atoms in total. The van der Waals surface area contributed by atoms with Crippen LogP contribution in [0.4, 0.5) is 5.69 Å². The number of aliphatic imine (C=N–C) groups is 1. The summed E-state index contributed by atoms with van der Waals surface area (Å²) in [6.45, 7) is 6.27. The number of rotatable bonds is 5. The maximum Gasteiger partial charge on any atom is 0.226 e. The first kappa shape index (κ1) is 16.5. The molecule has 0 unspecified atom stereocenters. The zero-order chi connectivity index (χ0) is 15.1. The maximum absolute atomic E-state index is 11.8. The molecule has 0 bridgehead atoms. The van der Waals surface area contributed by atoms with Crippen LogP contribution in [0.2, 0.25) is 0 Å². The Morgan fingerprint density at radius 1 is 1.45 bits per heavy atom. The summed E-state index contributed by atoms with van der Waals surface area (Å²) in [6.07, 6.45) is 0.298. The zero-order valence-corrected chi connectivity index (χ0v) is 13.6. The van der Waals surface area contributed by atoms with Crippen LogP contribution in [-0.2, 0) is 4.79 Å². The first-order valence-corrected chi connectivity index (χ1v) is 7.30. The largest absolute Gasteiger partial charge is 0.370 e. The minimum absolute atomic E-state index is 0.0766. The molecule has 0 aliphatic heterocycles. The van der Waals surface area contributed by atoms with Crippen LogP contribution < -0.4 is 16.4 Å². The van der Waals surface area contributed by atoms with Gasteiger partial charge in [-0.2, -0.15) is 0 Å². The average molecular weight is 341 g/mol. The Kier molecular flexibility index (Phi) is 6.51. The Morgan fingerprint density at radius 3 is 2.80 bits per heavy atom. The van der Waals surface area contributed by atoms with Gasteiger partial charge in [0.05, 0.1) is 6.54 Å². The number of halogens is 1. The lowest BCUT2D eigenvalue weighted by molar-refractivity contribution is -0.116. The van der Waals surface area contributed by atoms with E-state index in [0.29, 0.717) is 18.9 Å². The predicted octanol–water partition coefficient (Wildman–Crippen LogP) is 2.40. The number of benzene rings is 1. The maximum atomic E-state index is 11.8. The monoisotopic (exact) mass is 340 g/mol. The van der Waals surface area contributed by atoms with Crippen molar-refractivity contribution in [2.24, 2.45) is 10.7 Å². The molecule has 4 N–H and O–H groups in total. The summed E-state index contributed by atoms with van der Waals surface area (Å²) in [4.78, 5) is 15.9. The molecule has 110 valence electrons. The highest BCUT2D eigenvalue weighted by Crippen LogP contribution is 2.20. The quantitative estimate of drug-likeness (QED) is 0.568. The second kappa shape index (κ2) is 7.89. The molecule has 0 fully saturated rings. The van der Waals surface area contributed by atoms with Crippen molar-refractivity contribution in [3.63, 3.8) is 0 Å². The van der Waals surface area contributed by atoms with Gasteiger partial charge in [-0.3, -0.25) is 9.79 Å². The van der Waals surface area contributed by atoms with E-state index < -0.39 is 0 Å². The summed E-state index contributed by atoms with van der Waals surface area (Å²) in [5.41, 5.74) is 7.48. The van der Waals surface area contributed by atoms with Gasteiger partial charge in [-0.25, -0.2) is 0 Å². The number of carbonyl (C=O) groups is 1. The molecule has 1 rings (SSSR count). The van der Waals surface area contributed by atoms with Gasteiger partial charge in [0.25, 0.3) is 0 Å². The molecular weight excluding hydrogens is 320 g/mol. The molecule has 0 aliphatic rings. The molecule has 6 heteroatoms. The van der Waals surface area contributed by atoms with Gasteiger partial charge in [0.1, 0.15) is 0 Å². The highest BCUT2D eigenvalue weighted by atomic mass is 79.9. The molecule has 1 aromatic carbocycles. The normalized spacial score (nSPS) is 11.6. The van der Waals surface area contributed by atoms with E-state index >= 15 is 0 Å². The van der Waals surface area contributed by atoms with E-state index in [-0.39, 0.29) is 11.9 Å². The van der Waals surface area contributed by atoms with E-state index in [4.69, 9.17) is 5.73 Å². The third-order valence-corrected chi connectivity index (χ3v) is 3.02. The van der Waals surface area contributed by atoms with Crippen LogP contribution in [0.3, 0.4) is 0 Å². The topological polar surface area (TPSA) is 79.5 Å². The fraction of sp³-hybridized carbons (Fsp3) is 0.429. The number of hydrogen-bond acceptors (Lipinski definition) is 2. The van der Waals surface area contributed by atoms with Gasteiger partial charge < -0.3 is 16.4 Å². The molecule has 0 aliphatic carbocycles. The van der Waals surface area contributed by atoms with Crippen LogP contribution in [0.25, 0.3) is 0 Å². The Hall–Kier alpha value is -1.56. The van der Waals surface area contributed by atoms with Crippen molar-refractivity contribution < 1.29 is 4.79 Å². The smallest absolute Gasteiger partial charge is 0.226 e. The molecule has 0 spiro atoms. The van der Waals surface area contributed by atoms with Crippen molar-refractivity contribution in [2.75, 3.05) is 11.9 Å². The molecule has 1 aromatic rings. The van der Waals surface area contributed by atoms with Crippen molar-refractivity contribution in [3.05, 3.63) is 28.2 Å². The molecule has 20 heavy (non-hydrogen) atoms. The van der Waals surface area contributed by atoms with Gasteiger partial charge in [0, 0.05) is 22.6 Å². The molecule has 0 atom stereocenters. The molecule has 1 amide bonds. The van der Waals surface area contributed by atoms with E-state index in [1.807, 2.05) is 39.0 Å². The predicted molar refractivity (Wildman–Crippen MR) is 86.9 cm³/mol. The van der Waals surface area contributed by atoms with Crippen molar-refractivity contribution in [2.45, 2.75) is 33.2 Å². The fourth-order valence-electron chi connectivity index (χ4n) is 1.56. The van der Waals surface area contributed by atoms with Gasteiger partial charge in [-0.15, -0.1) is 0 Å². The Morgan fingerprint density at radius 2 is 2.15 bits per heavy atom. The number of guanidine groups is 1. The van der Waals surface area contributed by atoms with E-state index in [2.05, 4.69) is 31.6 Å². The lowest BCUT2D eigenvalue weighted by Crippen LogP contribution is -2.36. The van der Waals surface area contributed by atoms with Crippen molar-refractivity contribution in [3.8, 4) is 0 Å². The summed E-state index contributed by atoms with van der Waals surface area (Å²) in [5, 5.41) is 5.84. The first-order chi connectivity index (χ1) is 9.38. The van der Waals surface area contributed by atoms with Crippen LogP contribution >= 0.6 is 15.9 Å². The number of nitrogens with one attached hydrogen (secondary N) is 2. The van der Waals surface area contributed by atoms with E-state index in [0.717, 1.165) is 15.7 Å². The number of nitrogens with two attached hydrogens (primary N) is 1. The molecule has 0 saturated carbocycles. The second-order valence-corrected chi connectivity index (χ2v) is 5.74. The number of carbonyl (C=O) groups excluding carboxylic acids is 1. The fourth-order valence-corrected chi connectivity index (χ4v) is 1.92. The lowest BCUT2D eigenvalue weighted by Gasteiger charge is -2.09. The second-order valence-electron chi connectivity index (χ2n) is 4.82. The van der Waals surface area contributed by atoms with Crippen molar-refractivity contribution >= 4 is 33.5 Å². The van der Waals surface area contributed by atoms with Crippen LogP contribution in [0.5, 0.6) is 0 Å². The number of hydrogen-bond donors (Lipinski definition) is 3. The third kappa shape index (κ3) is 6.06. The van der Waals surface area contributed by atoms with Gasteiger partial charge in [0.15, 0.2) is 5.96 Å². The summed E-state index contributed by atoms with van der Waals surface area (Å²) >= 11 is 3.38. The van der Waals surface area contributed by atoms with Gasteiger partial charge in [-0.1, -0.05) is 22.0 Å². The Labute approximate surface area is 128 Å². The SMILES string of the molecule is Cc1ccc(Br)cc1NC(=O)CCN=C(N)NC(C)C. The Balaban J connectivity index is 2.46. The number of nitrogens with zero attached hydrogens (tertiary/aromatic N) is 1. The molecule has 0 radical (unpaired) electrons. The standard InChI is InChI=1S/C14H21BrN4O/c1-9(2)18-14(16)17-7-6-13(20)19-12-8-11(15)5-4-10(12)3/h4-5,8-9H,6-7H2,1-3H3,(H,19,20)(H3,16,17,18). The van der Waals surface area contributed by atoms with E-state index in [1.165, 1.54) is 0 Å². The van der Waals surface area contributed by atoms with Crippen molar-refractivity contribution in [1.82, 2.24) is 5.32 Å². The van der Waals surface area contributed by atoms with Gasteiger partial charge in [-0.05, 0) is 38.5 Å². The van der Waals surface area contributed by atoms with Crippen LogP contribution in [0.1, 0.15) is 25.8 Å². The van der Waals surface area contributed by atoms with E-state index in [9.17, 15) is 4.79 Å². The summed E-state index contributed by atoms with van der Waals surface area (Å²) in [6, 6.07) is 6.00. The summed E-state index contributed by atoms with van der Waals surface area (Å²) in [5.74, 6) is 0.290. The number of anilines is 1. The minimum Gasteiger partial charge on any atom is -0.370 e. The average Bonchev–Trinajstić information content (AvgIpc) is 2.33. The molecule has 0 heterocycles. The molecule has 0 saturated heterocycles. The van der Waals surface area contributed by atoms with Gasteiger partial charge >= 0.3 is 0 Å². The number of aryl methyl sites for hydroxylation is 1. The molecular formula is C14H21BrN4O. The number of amides is 1. The highest BCUT2D eigenvalue weighted by molar-refractivity contribution is 9.10. The lowest BCUT2D eigenvalue weighted by atomic mass is 10.2. The Bertz CT molecular complexity index is 500. The highest BCUT2D eigenvalue weighted by Gasteiger charge is 2.05. The van der Waals surface area contributed by atoms with E-state index in [1.54, 1.807) is 0 Å². The third-order valence-electron chi connectivity index (χ3n) is 2.53. The van der Waals surface area contributed by atoms with Gasteiger partial charge in [0.2, 0.25) is 5.91 Å². The molecule has 0 aromatic heterocycles. The zero-order valence-electron chi connectivity index (χ0n) is 12.0. The summed E-state index contributed by atoms with van der Waals surface area (Å²) in [7, 11) is 0. The van der Waals surface area contributed by atoms with Crippen LogP contribution in [0, 0.1) is 6.92 Å².